The average Bonchev–Trinajstić information content (AvgIpc) is 2.26. The van der Waals surface area contributed by atoms with Crippen molar-refractivity contribution in [3.05, 3.63) is 28.2 Å². The van der Waals surface area contributed by atoms with E-state index in [-0.39, 0.29) is 17.2 Å². The average molecular weight is 327 g/mol. The van der Waals surface area contributed by atoms with Gasteiger partial charge in [-0.15, -0.1) is 0 Å². The second kappa shape index (κ2) is 5.51. The van der Waals surface area contributed by atoms with Crippen molar-refractivity contribution >= 4 is 21.8 Å². The maximum atomic E-state index is 12.1. The summed E-state index contributed by atoms with van der Waals surface area (Å²) in [5, 5.41) is 12.7. The highest BCUT2D eigenvalue weighted by molar-refractivity contribution is 9.10. The van der Waals surface area contributed by atoms with Crippen LogP contribution in [0.1, 0.15) is 29.6 Å². The number of carbonyl (C=O) groups excluding carboxylic acids is 1. The van der Waals surface area contributed by atoms with E-state index in [1.54, 1.807) is 12.1 Å². The summed E-state index contributed by atoms with van der Waals surface area (Å²) in [6, 6.07) is 4.90. The molecular weight excluding hydrogens is 308 g/mol. The Hall–Kier alpha value is -1.07. The highest BCUT2D eigenvalue weighted by Gasteiger charge is 2.39. The van der Waals surface area contributed by atoms with Gasteiger partial charge in [-0.1, -0.05) is 15.9 Å². The molecule has 1 amide bonds. The third kappa shape index (κ3) is 2.92. The Labute approximate surface area is 121 Å². The van der Waals surface area contributed by atoms with Crippen molar-refractivity contribution in [2.45, 2.75) is 24.8 Å². The molecule has 1 aliphatic carbocycles. The molecule has 1 aromatic carbocycles. The molecule has 5 heteroatoms. The van der Waals surface area contributed by atoms with E-state index in [9.17, 15) is 9.90 Å². The Morgan fingerprint density at radius 3 is 2.63 bits per heavy atom. The minimum Gasteiger partial charge on any atom is -0.507 e. The van der Waals surface area contributed by atoms with Crippen LogP contribution in [0.3, 0.4) is 0 Å². The predicted molar refractivity (Wildman–Crippen MR) is 78.4 cm³/mol. The lowest BCUT2D eigenvalue weighted by molar-refractivity contribution is 0.0557. The number of aromatic hydroxyl groups is 1. The summed E-state index contributed by atoms with van der Waals surface area (Å²) >= 11 is 3.26. The number of hydrogen-bond acceptors (Lipinski definition) is 3. The summed E-state index contributed by atoms with van der Waals surface area (Å²) < 4.78 is 0.755. The van der Waals surface area contributed by atoms with E-state index in [1.807, 2.05) is 14.1 Å². The summed E-state index contributed by atoms with van der Waals surface area (Å²) in [4.78, 5) is 14.3. The number of likely N-dealkylation sites (N-methyl/N-ethyl adjacent to an activating group) is 1. The number of hydrogen-bond donors (Lipinski definition) is 2. The summed E-state index contributed by atoms with van der Waals surface area (Å²) in [6.45, 7) is 0.619. The highest BCUT2D eigenvalue weighted by atomic mass is 79.9. The number of phenolic OH excluding ortho intramolecular Hbond substituents is 1. The summed E-state index contributed by atoms with van der Waals surface area (Å²) in [6.07, 6.45) is 3.41. The molecule has 0 atom stereocenters. The molecule has 2 N–H and O–H groups in total. The van der Waals surface area contributed by atoms with Gasteiger partial charge in [-0.05, 0) is 51.6 Å². The summed E-state index contributed by atoms with van der Waals surface area (Å²) in [5.74, 6) is -0.225. The van der Waals surface area contributed by atoms with Gasteiger partial charge in [0.25, 0.3) is 5.91 Å². The molecule has 19 heavy (non-hydrogen) atoms. The number of phenols is 1. The second-order valence-electron chi connectivity index (χ2n) is 5.32. The first kappa shape index (κ1) is 14.3. The number of halogens is 1. The molecule has 0 unspecified atom stereocenters. The van der Waals surface area contributed by atoms with E-state index in [2.05, 4.69) is 26.1 Å². The number of rotatable bonds is 4. The van der Waals surface area contributed by atoms with Crippen LogP contribution in [-0.4, -0.2) is 42.1 Å². The molecule has 4 nitrogen and oxygen atoms in total. The Kier molecular flexibility index (Phi) is 4.16. The Morgan fingerprint density at radius 1 is 1.47 bits per heavy atom. The monoisotopic (exact) mass is 326 g/mol. The molecule has 0 radical (unpaired) electrons. The van der Waals surface area contributed by atoms with E-state index in [0.717, 1.165) is 17.3 Å². The third-order valence-corrected chi connectivity index (χ3v) is 4.51. The van der Waals surface area contributed by atoms with Gasteiger partial charge in [0.2, 0.25) is 0 Å². The molecule has 0 aliphatic heterocycles. The van der Waals surface area contributed by atoms with Crippen LogP contribution in [-0.2, 0) is 0 Å². The van der Waals surface area contributed by atoms with Gasteiger partial charge in [-0.2, -0.15) is 0 Å². The number of nitrogens with zero attached hydrogens (tertiary/aromatic N) is 1. The molecule has 0 spiro atoms. The molecule has 0 aromatic heterocycles. The van der Waals surface area contributed by atoms with Crippen molar-refractivity contribution < 1.29 is 9.90 Å². The largest absolute Gasteiger partial charge is 0.507 e. The van der Waals surface area contributed by atoms with Crippen molar-refractivity contribution in [2.75, 3.05) is 20.6 Å². The van der Waals surface area contributed by atoms with Gasteiger partial charge in [0.05, 0.1) is 5.56 Å². The van der Waals surface area contributed by atoms with E-state index in [1.165, 1.54) is 12.5 Å². The molecule has 1 fully saturated rings. The van der Waals surface area contributed by atoms with Gasteiger partial charge in [0.15, 0.2) is 0 Å². The molecule has 0 bridgehead atoms. The molecule has 1 aromatic rings. The van der Waals surface area contributed by atoms with Crippen molar-refractivity contribution in [3.63, 3.8) is 0 Å². The Morgan fingerprint density at radius 2 is 2.16 bits per heavy atom. The number of amides is 1. The number of nitrogens with one attached hydrogen (secondary N) is 1. The number of carbonyl (C=O) groups is 1. The van der Waals surface area contributed by atoms with E-state index in [4.69, 9.17) is 0 Å². The smallest absolute Gasteiger partial charge is 0.255 e. The molecule has 1 saturated carbocycles. The minimum absolute atomic E-state index is 0.000567. The maximum Gasteiger partial charge on any atom is 0.255 e. The summed E-state index contributed by atoms with van der Waals surface area (Å²) in [7, 11) is 4.09. The van der Waals surface area contributed by atoms with Crippen LogP contribution in [0, 0.1) is 0 Å². The fraction of sp³-hybridized carbons (Fsp3) is 0.500. The topological polar surface area (TPSA) is 52.6 Å². The van der Waals surface area contributed by atoms with Crippen molar-refractivity contribution in [1.29, 1.82) is 0 Å². The van der Waals surface area contributed by atoms with Gasteiger partial charge in [-0.25, -0.2) is 0 Å². The molecular formula is C14H19BrN2O2. The van der Waals surface area contributed by atoms with Crippen LogP contribution in [0.2, 0.25) is 0 Å². The molecule has 0 heterocycles. The lowest BCUT2D eigenvalue weighted by atomic mass is 9.75. The second-order valence-corrected chi connectivity index (χ2v) is 6.23. The molecule has 104 valence electrons. The summed E-state index contributed by atoms with van der Waals surface area (Å²) in [5.41, 5.74) is 0.400. The van der Waals surface area contributed by atoms with Crippen LogP contribution >= 0.6 is 15.9 Å². The van der Waals surface area contributed by atoms with Crippen LogP contribution in [0.4, 0.5) is 0 Å². The zero-order valence-corrected chi connectivity index (χ0v) is 12.8. The Balaban J connectivity index is 2.01. The fourth-order valence-electron chi connectivity index (χ4n) is 2.40. The van der Waals surface area contributed by atoms with Gasteiger partial charge >= 0.3 is 0 Å². The molecule has 2 rings (SSSR count). The van der Waals surface area contributed by atoms with Crippen LogP contribution in [0.5, 0.6) is 5.75 Å². The van der Waals surface area contributed by atoms with Crippen molar-refractivity contribution in [2.24, 2.45) is 0 Å². The minimum atomic E-state index is -0.224. The van der Waals surface area contributed by atoms with Crippen molar-refractivity contribution in [3.8, 4) is 5.75 Å². The predicted octanol–water partition coefficient (Wildman–Crippen LogP) is 2.37. The zero-order valence-electron chi connectivity index (χ0n) is 11.2. The van der Waals surface area contributed by atoms with Crippen LogP contribution < -0.4 is 5.32 Å². The van der Waals surface area contributed by atoms with E-state index >= 15 is 0 Å². The first-order valence-corrected chi connectivity index (χ1v) is 7.18. The lowest BCUT2D eigenvalue weighted by Crippen LogP contribution is -2.57. The lowest BCUT2D eigenvalue weighted by Gasteiger charge is -2.47. The highest BCUT2D eigenvalue weighted by Crippen LogP contribution is 2.35. The first-order valence-electron chi connectivity index (χ1n) is 6.39. The molecule has 0 saturated heterocycles. The first-order chi connectivity index (χ1) is 8.94. The molecule has 1 aliphatic rings. The van der Waals surface area contributed by atoms with Gasteiger partial charge in [0, 0.05) is 16.6 Å². The zero-order chi connectivity index (χ0) is 14.0. The maximum absolute atomic E-state index is 12.1. The van der Waals surface area contributed by atoms with E-state index in [0.29, 0.717) is 12.1 Å². The SMILES string of the molecule is CN(C)C1(CNC(=O)c2ccc(Br)cc2O)CCC1. The van der Waals surface area contributed by atoms with Crippen LogP contribution in [0.15, 0.2) is 22.7 Å². The Bertz CT molecular complexity index is 484. The van der Waals surface area contributed by atoms with Gasteiger partial charge in [-0.3, -0.25) is 4.79 Å². The quantitative estimate of drug-likeness (QED) is 0.893. The number of benzene rings is 1. The van der Waals surface area contributed by atoms with Gasteiger partial charge < -0.3 is 15.3 Å². The normalized spacial score (nSPS) is 17.1. The van der Waals surface area contributed by atoms with Crippen LogP contribution in [0.25, 0.3) is 0 Å². The van der Waals surface area contributed by atoms with Gasteiger partial charge in [0.1, 0.15) is 5.75 Å². The fourth-order valence-corrected chi connectivity index (χ4v) is 2.75. The third-order valence-electron chi connectivity index (χ3n) is 4.02. The standard InChI is InChI=1S/C14H19BrN2O2/c1-17(2)14(6-3-7-14)9-16-13(19)11-5-4-10(15)8-12(11)18/h4-5,8,18H,3,6-7,9H2,1-2H3,(H,16,19). The van der Waals surface area contributed by atoms with E-state index < -0.39 is 0 Å². The van der Waals surface area contributed by atoms with Crippen molar-refractivity contribution in [1.82, 2.24) is 10.2 Å².